The van der Waals surface area contributed by atoms with Gasteiger partial charge in [-0.15, -0.1) is 0 Å². The molecule has 0 fully saturated rings. The van der Waals surface area contributed by atoms with Crippen molar-refractivity contribution in [2.24, 2.45) is 4.99 Å². The molecule has 1 unspecified atom stereocenters. The Morgan fingerprint density at radius 3 is 2.36 bits per heavy atom. The molecule has 1 atom stereocenters. The van der Waals surface area contributed by atoms with Crippen LogP contribution < -0.4 is 10.7 Å². The highest BCUT2D eigenvalue weighted by atomic mass is 35.5. The summed E-state index contributed by atoms with van der Waals surface area (Å²) in [5.41, 5.74) is 5.93. The van der Waals surface area contributed by atoms with Crippen LogP contribution in [0.3, 0.4) is 0 Å². The number of carbonyl (C=O) groups excluding carboxylic acids is 1. The zero-order valence-corrected chi connectivity index (χ0v) is 15.8. The Hall–Kier alpha value is -3.31. The van der Waals surface area contributed by atoms with E-state index in [2.05, 4.69) is 10.7 Å². The molecule has 3 aromatic carbocycles. The van der Waals surface area contributed by atoms with Crippen molar-refractivity contribution in [1.82, 2.24) is 10.4 Å². The Balaban J connectivity index is 1.62. The van der Waals surface area contributed by atoms with Crippen molar-refractivity contribution < 1.29 is 4.79 Å². The lowest BCUT2D eigenvalue weighted by Gasteiger charge is -2.35. The van der Waals surface area contributed by atoms with Gasteiger partial charge in [-0.1, -0.05) is 84.4 Å². The maximum atomic E-state index is 12.8. The first-order valence-corrected chi connectivity index (χ1v) is 9.39. The zero-order valence-electron chi connectivity index (χ0n) is 15.0. The number of rotatable bonds is 3. The van der Waals surface area contributed by atoms with Crippen LogP contribution in [0.25, 0.3) is 0 Å². The minimum Gasteiger partial charge on any atom is -0.306 e. The third-order valence-electron chi connectivity index (χ3n) is 4.43. The predicted octanol–water partition coefficient (Wildman–Crippen LogP) is 4.92. The largest absolute Gasteiger partial charge is 0.342 e. The Labute approximate surface area is 168 Å². The van der Waals surface area contributed by atoms with Crippen molar-refractivity contribution in [3.8, 4) is 0 Å². The van der Waals surface area contributed by atoms with E-state index in [-0.39, 0.29) is 6.03 Å². The average Bonchev–Trinajstić information content (AvgIpc) is 2.75. The SMILES string of the molecule is O=C(Nc1ccccc1)N1NC(=NCc2ccccc2)c2ccccc2C1Cl. The molecule has 140 valence electrons. The normalized spacial score (nSPS) is 17.0. The topological polar surface area (TPSA) is 56.7 Å². The van der Waals surface area contributed by atoms with Crippen molar-refractivity contribution in [3.05, 3.63) is 102 Å². The summed E-state index contributed by atoms with van der Waals surface area (Å²) in [4.78, 5) is 17.5. The number of alkyl halides is 1. The third-order valence-corrected chi connectivity index (χ3v) is 4.86. The number of amidine groups is 1. The fourth-order valence-electron chi connectivity index (χ4n) is 3.02. The molecule has 2 amide bonds. The second-order valence-electron chi connectivity index (χ2n) is 6.35. The van der Waals surface area contributed by atoms with E-state index in [4.69, 9.17) is 16.6 Å². The van der Waals surface area contributed by atoms with Crippen LogP contribution in [0.2, 0.25) is 0 Å². The van der Waals surface area contributed by atoms with Gasteiger partial charge in [-0.25, -0.2) is 9.80 Å². The van der Waals surface area contributed by atoms with Gasteiger partial charge in [0.15, 0.2) is 5.50 Å². The summed E-state index contributed by atoms with van der Waals surface area (Å²) in [7, 11) is 0. The molecule has 28 heavy (non-hydrogen) atoms. The van der Waals surface area contributed by atoms with E-state index in [1.807, 2.05) is 84.9 Å². The average molecular weight is 391 g/mol. The van der Waals surface area contributed by atoms with Crippen molar-refractivity contribution in [3.63, 3.8) is 0 Å². The van der Waals surface area contributed by atoms with Gasteiger partial charge in [0.05, 0.1) is 6.54 Å². The van der Waals surface area contributed by atoms with Crippen LogP contribution in [0, 0.1) is 0 Å². The quantitative estimate of drug-likeness (QED) is 0.492. The molecule has 6 heteroatoms. The van der Waals surface area contributed by atoms with Gasteiger partial charge < -0.3 is 5.32 Å². The van der Waals surface area contributed by atoms with E-state index in [1.165, 1.54) is 5.01 Å². The molecule has 0 spiro atoms. The predicted molar refractivity (Wildman–Crippen MR) is 112 cm³/mol. The number of hydrogen-bond donors (Lipinski definition) is 2. The van der Waals surface area contributed by atoms with Gasteiger partial charge in [0.2, 0.25) is 0 Å². The molecule has 0 aromatic heterocycles. The number of carbonyl (C=O) groups is 1. The van der Waals surface area contributed by atoms with Gasteiger partial charge in [-0.3, -0.25) is 10.4 Å². The molecule has 3 aromatic rings. The number of nitrogens with zero attached hydrogens (tertiary/aromatic N) is 2. The first-order valence-electron chi connectivity index (χ1n) is 8.96. The van der Waals surface area contributed by atoms with Crippen LogP contribution in [-0.2, 0) is 6.54 Å². The Morgan fingerprint density at radius 1 is 0.964 bits per heavy atom. The lowest BCUT2D eigenvalue weighted by Crippen LogP contribution is -2.52. The molecule has 1 aliphatic rings. The van der Waals surface area contributed by atoms with Crippen molar-refractivity contribution in [2.45, 2.75) is 12.0 Å². The van der Waals surface area contributed by atoms with Crippen LogP contribution in [-0.4, -0.2) is 16.9 Å². The van der Waals surface area contributed by atoms with Gasteiger partial charge in [-0.2, -0.15) is 0 Å². The highest BCUT2D eigenvalue weighted by Crippen LogP contribution is 2.31. The Kier molecular flexibility index (Phi) is 5.26. The first-order chi connectivity index (χ1) is 13.7. The number of nitrogens with one attached hydrogen (secondary N) is 2. The number of anilines is 1. The van der Waals surface area contributed by atoms with Crippen molar-refractivity contribution in [2.75, 3.05) is 5.32 Å². The van der Waals surface area contributed by atoms with E-state index < -0.39 is 5.50 Å². The van der Waals surface area contributed by atoms with Crippen molar-refractivity contribution in [1.29, 1.82) is 0 Å². The molecule has 1 heterocycles. The van der Waals surface area contributed by atoms with Crippen LogP contribution in [0.15, 0.2) is 89.9 Å². The van der Waals surface area contributed by atoms with Crippen LogP contribution >= 0.6 is 11.6 Å². The van der Waals surface area contributed by atoms with Crippen LogP contribution in [0.1, 0.15) is 22.2 Å². The van der Waals surface area contributed by atoms with Gasteiger partial charge in [0.25, 0.3) is 0 Å². The second kappa shape index (κ2) is 8.15. The maximum Gasteiger partial charge on any atom is 0.342 e. The van der Waals surface area contributed by atoms with E-state index in [9.17, 15) is 4.79 Å². The summed E-state index contributed by atoms with van der Waals surface area (Å²) < 4.78 is 0. The van der Waals surface area contributed by atoms with E-state index in [1.54, 1.807) is 0 Å². The fraction of sp³-hybridized carbons (Fsp3) is 0.0909. The summed E-state index contributed by atoms with van der Waals surface area (Å²) in [6, 6.07) is 26.6. The van der Waals surface area contributed by atoms with Gasteiger partial charge in [-0.05, 0) is 17.7 Å². The number of fused-ring (bicyclic) bond motifs is 1. The third kappa shape index (κ3) is 3.85. The number of amides is 2. The highest BCUT2D eigenvalue weighted by molar-refractivity contribution is 6.23. The van der Waals surface area contributed by atoms with E-state index >= 15 is 0 Å². The molecular formula is C22H19ClN4O. The maximum absolute atomic E-state index is 12.8. The fourth-order valence-corrected chi connectivity index (χ4v) is 3.35. The summed E-state index contributed by atoms with van der Waals surface area (Å²) in [6.45, 7) is 0.499. The highest BCUT2D eigenvalue weighted by Gasteiger charge is 2.32. The standard InChI is InChI=1S/C22H19ClN4O/c23-20-18-13-7-8-14-19(18)21(24-15-16-9-3-1-4-10-16)26-27(20)22(28)25-17-11-5-2-6-12-17/h1-14,20H,15H2,(H,24,26)(H,25,28). The van der Waals surface area contributed by atoms with Crippen LogP contribution in [0.5, 0.6) is 0 Å². The van der Waals surface area contributed by atoms with E-state index in [0.717, 1.165) is 16.7 Å². The summed E-state index contributed by atoms with van der Waals surface area (Å²) in [5.74, 6) is 0.611. The second-order valence-corrected chi connectivity index (χ2v) is 6.76. The van der Waals surface area contributed by atoms with E-state index in [0.29, 0.717) is 18.1 Å². The van der Waals surface area contributed by atoms with Gasteiger partial charge >= 0.3 is 6.03 Å². The smallest absolute Gasteiger partial charge is 0.306 e. The van der Waals surface area contributed by atoms with Gasteiger partial charge in [0.1, 0.15) is 5.84 Å². The molecule has 0 bridgehead atoms. The molecule has 0 radical (unpaired) electrons. The molecule has 5 nitrogen and oxygen atoms in total. The lowest BCUT2D eigenvalue weighted by atomic mass is 10.0. The Bertz CT molecular complexity index is 992. The molecule has 4 rings (SSSR count). The molecular weight excluding hydrogens is 372 g/mol. The zero-order chi connectivity index (χ0) is 19.3. The monoisotopic (exact) mass is 390 g/mol. The number of aliphatic imine (C=N–C) groups is 1. The molecule has 0 saturated heterocycles. The minimum atomic E-state index is -0.657. The number of hydrogen-bond acceptors (Lipinski definition) is 2. The minimum absolute atomic E-state index is 0.354. The summed E-state index contributed by atoms with van der Waals surface area (Å²) in [5, 5.41) is 4.21. The lowest BCUT2D eigenvalue weighted by molar-refractivity contribution is 0.191. The van der Waals surface area contributed by atoms with Crippen molar-refractivity contribution >= 4 is 29.2 Å². The number of urea groups is 1. The number of hydrazine groups is 1. The molecule has 2 N–H and O–H groups in total. The molecule has 0 aliphatic carbocycles. The van der Waals surface area contributed by atoms with Crippen LogP contribution in [0.4, 0.5) is 10.5 Å². The van der Waals surface area contributed by atoms with Gasteiger partial charge in [0, 0.05) is 16.8 Å². The number of halogens is 1. The Morgan fingerprint density at radius 2 is 1.61 bits per heavy atom. The summed E-state index contributed by atoms with van der Waals surface area (Å²) in [6.07, 6.45) is 0. The first kappa shape index (κ1) is 18.1. The molecule has 1 aliphatic heterocycles. The number of para-hydroxylation sites is 1. The number of benzene rings is 3. The summed E-state index contributed by atoms with van der Waals surface area (Å²) >= 11 is 6.60. The molecule has 0 saturated carbocycles.